The molecule has 0 aliphatic carbocycles. The minimum Gasteiger partial charge on any atom is -0.299 e. The van der Waals surface area contributed by atoms with Gasteiger partial charge < -0.3 is 0 Å². The molecular formula is C13H8FN3O. The molecule has 0 bridgehead atoms. The summed E-state index contributed by atoms with van der Waals surface area (Å²) in [5, 5.41) is 13.1. The molecule has 0 aliphatic heterocycles. The molecule has 0 atom stereocenters. The first-order chi connectivity index (χ1) is 8.74. The van der Waals surface area contributed by atoms with E-state index >= 15 is 0 Å². The zero-order valence-corrected chi connectivity index (χ0v) is 9.25. The van der Waals surface area contributed by atoms with E-state index in [0.717, 1.165) is 0 Å². The Kier molecular flexibility index (Phi) is 3.30. The third-order valence-corrected chi connectivity index (χ3v) is 2.29. The lowest BCUT2D eigenvalue weighted by molar-refractivity contribution is -0.104. The number of rotatable bonds is 3. The molecule has 4 nitrogen and oxygen atoms in total. The number of aromatic nitrogens is 2. The standard InChI is InChI=1S/C13H8FN3O/c14-11-3-5-12(6-4-11)17-9-10(8-15)13(16-17)2-1-7-18/h1-7,9H/b2-1+. The van der Waals surface area contributed by atoms with Gasteiger partial charge in [-0.1, -0.05) is 0 Å². The minimum absolute atomic E-state index is 0.340. The number of hydrogen-bond donors (Lipinski definition) is 0. The van der Waals surface area contributed by atoms with E-state index in [-0.39, 0.29) is 5.82 Å². The quantitative estimate of drug-likeness (QED) is 0.610. The van der Waals surface area contributed by atoms with Crippen LogP contribution in [0.15, 0.2) is 36.5 Å². The summed E-state index contributed by atoms with van der Waals surface area (Å²) in [6.45, 7) is 0. The van der Waals surface area contributed by atoms with Gasteiger partial charge in [-0.25, -0.2) is 9.07 Å². The Labute approximate surface area is 103 Å². The van der Waals surface area contributed by atoms with Gasteiger partial charge in [-0.15, -0.1) is 0 Å². The van der Waals surface area contributed by atoms with E-state index in [2.05, 4.69) is 5.10 Å². The summed E-state index contributed by atoms with van der Waals surface area (Å²) in [7, 11) is 0. The van der Waals surface area contributed by atoms with E-state index in [1.54, 1.807) is 12.1 Å². The van der Waals surface area contributed by atoms with Crippen molar-refractivity contribution in [3.63, 3.8) is 0 Å². The lowest BCUT2D eigenvalue weighted by Gasteiger charge is -1.99. The maximum atomic E-state index is 12.8. The van der Waals surface area contributed by atoms with E-state index in [1.165, 1.54) is 35.2 Å². The number of nitrogens with zero attached hydrogens (tertiary/aromatic N) is 3. The molecule has 0 saturated carbocycles. The number of carbonyl (C=O) groups excluding carboxylic acids is 1. The summed E-state index contributed by atoms with van der Waals surface area (Å²) in [5.41, 5.74) is 1.38. The fourth-order valence-electron chi connectivity index (χ4n) is 1.45. The van der Waals surface area contributed by atoms with Gasteiger partial charge in [0.15, 0.2) is 0 Å². The SMILES string of the molecule is N#Cc1cn(-c2ccc(F)cc2)nc1/C=C/C=O. The average Bonchev–Trinajstić information content (AvgIpc) is 2.80. The summed E-state index contributed by atoms with van der Waals surface area (Å²) >= 11 is 0. The summed E-state index contributed by atoms with van der Waals surface area (Å²) in [6.07, 6.45) is 4.85. The predicted molar refractivity (Wildman–Crippen MR) is 63.3 cm³/mol. The van der Waals surface area contributed by atoms with Crippen molar-refractivity contribution < 1.29 is 9.18 Å². The van der Waals surface area contributed by atoms with Crippen LogP contribution in [0.1, 0.15) is 11.3 Å². The highest BCUT2D eigenvalue weighted by Gasteiger charge is 2.07. The van der Waals surface area contributed by atoms with Gasteiger partial charge in [-0.2, -0.15) is 10.4 Å². The Morgan fingerprint density at radius 2 is 2.06 bits per heavy atom. The van der Waals surface area contributed by atoms with Crippen LogP contribution in [-0.2, 0) is 4.79 Å². The number of halogens is 1. The van der Waals surface area contributed by atoms with Gasteiger partial charge in [-0.3, -0.25) is 4.79 Å². The van der Waals surface area contributed by atoms with Crippen LogP contribution in [0.4, 0.5) is 4.39 Å². The number of aldehydes is 1. The largest absolute Gasteiger partial charge is 0.299 e. The van der Waals surface area contributed by atoms with Gasteiger partial charge in [0.2, 0.25) is 0 Å². The second-order valence-corrected chi connectivity index (χ2v) is 3.46. The van der Waals surface area contributed by atoms with Crippen LogP contribution in [0.5, 0.6) is 0 Å². The molecule has 0 aliphatic rings. The van der Waals surface area contributed by atoms with E-state index in [9.17, 15) is 9.18 Å². The Balaban J connectivity index is 2.44. The first kappa shape index (κ1) is 11.7. The molecule has 18 heavy (non-hydrogen) atoms. The molecule has 1 aromatic heterocycles. The third kappa shape index (κ3) is 2.33. The minimum atomic E-state index is -0.340. The number of carbonyl (C=O) groups is 1. The zero-order chi connectivity index (χ0) is 13.0. The molecule has 0 radical (unpaired) electrons. The third-order valence-electron chi connectivity index (χ3n) is 2.29. The predicted octanol–water partition coefficient (Wildman–Crippen LogP) is 2.10. The normalized spacial score (nSPS) is 10.4. The van der Waals surface area contributed by atoms with Crippen molar-refractivity contribution in [2.24, 2.45) is 0 Å². The molecule has 88 valence electrons. The van der Waals surface area contributed by atoms with Crippen LogP contribution < -0.4 is 0 Å². The first-order valence-electron chi connectivity index (χ1n) is 5.12. The van der Waals surface area contributed by atoms with Crippen LogP contribution in [0.2, 0.25) is 0 Å². The second kappa shape index (κ2) is 5.06. The molecular weight excluding hydrogens is 233 g/mol. The highest BCUT2D eigenvalue weighted by Crippen LogP contribution is 2.13. The molecule has 0 N–H and O–H groups in total. The monoisotopic (exact) mass is 241 g/mol. The summed E-state index contributed by atoms with van der Waals surface area (Å²) in [6, 6.07) is 7.71. The maximum Gasteiger partial charge on any atom is 0.142 e. The van der Waals surface area contributed by atoms with Gasteiger partial charge in [0.1, 0.15) is 23.9 Å². The number of nitriles is 1. The Morgan fingerprint density at radius 3 is 2.67 bits per heavy atom. The van der Waals surface area contributed by atoms with Crippen LogP contribution in [0.3, 0.4) is 0 Å². The molecule has 5 heteroatoms. The highest BCUT2D eigenvalue weighted by atomic mass is 19.1. The van der Waals surface area contributed by atoms with Crippen molar-refractivity contribution in [1.29, 1.82) is 5.26 Å². The van der Waals surface area contributed by atoms with Gasteiger partial charge in [0.25, 0.3) is 0 Å². The molecule has 0 unspecified atom stereocenters. The van der Waals surface area contributed by atoms with Crippen molar-refractivity contribution in [1.82, 2.24) is 9.78 Å². The molecule has 2 aromatic rings. The molecule has 2 rings (SSSR count). The van der Waals surface area contributed by atoms with E-state index in [4.69, 9.17) is 5.26 Å². The van der Waals surface area contributed by atoms with Crippen molar-refractivity contribution in [3.05, 3.63) is 53.6 Å². The fourth-order valence-corrected chi connectivity index (χ4v) is 1.45. The molecule has 1 heterocycles. The molecule has 0 spiro atoms. The lowest BCUT2D eigenvalue weighted by atomic mass is 10.2. The molecule has 1 aromatic carbocycles. The van der Waals surface area contributed by atoms with Crippen molar-refractivity contribution >= 4 is 12.4 Å². The summed E-state index contributed by atoms with van der Waals surface area (Å²) < 4.78 is 14.2. The van der Waals surface area contributed by atoms with E-state index in [0.29, 0.717) is 23.2 Å². The van der Waals surface area contributed by atoms with Gasteiger partial charge in [-0.05, 0) is 36.4 Å². The number of benzene rings is 1. The Bertz CT molecular complexity index is 635. The Morgan fingerprint density at radius 1 is 1.33 bits per heavy atom. The zero-order valence-electron chi connectivity index (χ0n) is 9.25. The van der Waals surface area contributed by atoms with Gasteiger partial charge >= 0.3 is 0 Å². The van der Waals surface area contributed by atoms with E-state index in [1.807, 2.05) is 6.07 Å². The number of hydrogen-bond acceptors (Lipinski definition) is 3. The topological polar surface area (TPSA) is 58.7 Å². The van der Waals surface area contributed by atoms with Crippen molar-refractivity contribution in [2.75, 3.05) is 0 Å². The molecule has 0 fully saturated rings. The fraction of sp³-hybridized carbons (Fsp3) is 0. The second-order valence-electron chi connectivity index (χ2n) is 3.46. The number of allylic oxidation sites excluding steroid dienone is 1. The van der Waals surface area contributed by atoms with Gasteiger partial charge in [0.05, 0.1) is 11.3 Å². The van der Waals surface area contributed by atoms with E-state index < -0.39 is 0 Å². The Hall–Kier alpha value is -2.74. The maximum absolute atomic E-state index is 12.8. The van der Waals surface area contributed by atoms with Crippen LogP contribution >= 0.6 is 0 Å². The summed E-state index contributed by atoms with van der Waals surface area (Å²) in [4.78, 5) is 10.2. The lowest BCUT2D eigenvalue weighted by Crippen LogP contribution is -1.94. The van der Waals surface area contributed by atoms with Gasteiger partial charge in [0, 0.05) is 6.20 Å². The summed E-state index contributed by atoms with van der Waals surface area (Å²) in [5.74, 6) is -0.340. The molecule has 0 amide bonds. The van der Waals surface area contributed by atoms with Crippen LogP contribution in [0.25, 0.3) is 11.8 Å². The van der Waals surface area contributed by atoms with Crippen molar-refractivity contribution in [2.45, 2.75) is 0 Å². The molecule has 0 saturated heterocycles. The first-order valence-corrected chi connectivity index (χ1v) is 5.12. The smallest absolute Gasteiger partial charge is 0.142 e. The van der Waals surface area contributed by atoms with Crippen LogP contribution in [-0.4, -0.2) is 16.1 Å². The highest BCUT2D eigenvalue weighted by molar-refractivity contribution is 5.74. The average molecular weight is 241 g/mol. The van der Waals surface area contributed by atoms with Crippen LogP contribution in [0, 0.1) is 17.1 Å². The van der Waals surface area contributed by atoms with Crippen molar-refractivity contribution in [3.8, 4) is 11.8 Å².